The van der Waals surface area contributed by atoms with Crippen molar-refractivity contribution in [2.24, 2.45) is 17.3 Å². The van der Waals surface area contributed by atoms with Crippen LogP contribution in [0.15, 0.2) is 33.2 Å². The molecule has 10 nitrogen and oxygen atoms in total. The molecule has 0 atom stereocenters. The van der Waals surface area contributed by atoms with Crippen LogP contribution in [-0.2, 0) is 7.05 Å². The van der Waals surface area contributed by atoms with E-state index in [2.05, 4.69) is 15.1 Å². The van der Waals surface area contributed by atoms with Crippen molar-refractivity contribution in [1.82, 2.24) is 4.57 Å². The molecule has 0 saturated heterocycles. The number of nitro groups is 1. The highest BCUT2D eigenvalue weighted by Gasteiger charge is 2.17. The van der Waals surface area contributed by atoms with Gasteiger partial charge in [-0.1, -0.05) is 0 Å². The quantitative estimate of drug-likeness (QED) is 0.386. The third-order valence-corrected chi connectivity index (χ3v) is 3.29. The predicted molar refractivity (Wildman–Crippen MR) is 83.3 cm³/mol. The van der Waals surface area contributed by atoms with E-state index in [0.29, 0.717) is 0 Å². The third kappa shape index (κ3) is 2.78. The van der Waals surface area contributed by atoms with Gasteiger partial charge >= 0.3 is 0 Å². The Morgan fingerprint density at radius 1 is 1.33 bits per heavy atom. The molecule has 0 saturated carbocycles. The monoisotopic (exact) mass is 329 g/mol. The van der Waals surface area contributed by atoms with Crippen molar-refractivity contribution in [3.05, 3.63) is 55.6 Å². The Balaban J connectivity index is 2.61. The van der Waals surface area contributed by atoms with E-state index in [4.69, 9.17) is 6.57 Å². The van der Waals surface area contributed by atoms with E-state index in [1.54, 1.807) is 0 Å². The van der Waals surface area contributed by atoms with E-state index in [1.807, 2.05) is 0 Å². The molecule has 0 aliphatic rings. The van der Waals surface area contributed by atoms with Crippen molar-refractivity contribution >= 4 is 22.7 Å². The topological polar surface area (TPSA) is 135 Å². The van der Waals surface area contributed by atoms with Gasteiger partial charge in [0.1, 0.15) is 17.1 Å². The molecule has 0 unspecified atom stereocenters. The highest BCUT2D eigenvalue weighted by Crippen LogP contribution is 2.35. The molecule has 10 heteroatoms. The maximum absolute atomic E-state index is 12.1. The fourth-order valence-corrected chi connectivity index (χ4v) is 1.92. The summed E-state index contributed by atoms with van der Waals surface area (Å²) in [4.78, 5) is 25.4. The number of benzene rings is 1. The molecule has 122 valence electrons. The van der Waals surface area contributed by atoms with Crippen LogP contribution >= 0.6 is 0 Å². The van der Waals surface area contributed by atoms with Gasteiger partial charge in [0.15, 0.2) is 5.88 Å². The van der Waals surface area contributed by atoms with Gasteiger partial charge in [-0.3, -0.25) is 19.5 Å². The summed E-state index contributed by atoms with van der Waals surface area (Å²) in [5, 5.41) is 37.6. The minimum atomic E-state index is -0.703. The van der Waals surface area contributed by atoms with E-state index in [-0.39, 0.29) is 34.1 Å². The average molecular weight is 329 g/mol. The van der Waals surface area contributed by atoms with Crippen LogP contribution in [0.3, 0.4) is 0 Å². The van der Waals surface area contributed by atoms with Gasteiger partial charge in [0.25, 0.3) is 11.2 Å². The fraction of sp³-hybridized carbons (Fsp3) is 0.143. The molecule has 0 amide bonds. The molecule has 1 aromatic carbocycles. The van der Waals surface area contributed by atoms with Gasteiger partial charge in [0.2, 0.25) is 5.69 Å². The number of azo groups is 1. The zero-order valence-electron chi connectivity index (χ0n) is 12.6. The van der Waals surface area contributed by atoms with Crippen molar-refractivity contribution in [2.75, 3.05) is 0 Å². The molecule has 0 fully saturated rings. The number of hydrogen-bond acceptors (Lipinski definition) is 7. The van der Waals surface area contributed by atoms with Crippen LogP contribution in [0, 0.1) is 23.6 Å². The molecular weight excluding hydrogens is 318 g/mol. The average Bonchev–Trinajstić information content (AvgIpc) is 2.54. The van der Waals surface area contributed by atoms with Crippen LogP contribution in [0.4, 0.5) is 22.7 Å². The van der Waals surface area contributed by atoms with Gasteiger partial charge in [-0.2, -0.15) is 0 Å². The summed E-state index contributed by atoms with van der Waals surface area (Å²) in [7, 11) is 1.26. The Morgan fingerprint density at radius 3 is 2.58 bits per heavy atom. The predicted octanol–water partition coefficient (Wildman–Crippen LogP) is 2.98. The Labute approximate surface area is 134 Å². The van der Waals surface area contributed by atoms with E-state index in [1.165, 1.54) is 14.0 Å². The van der Waals surface area contributed by atoms with Crippen LogP contribution in [0.2, 0.25) is 0 Å². The van der Waals surface area contributed by atoms with Gasteiger partial charge in [-0.25, -0.2) is 4.85 Å². The molecule has 0 spiro atoms. The lowest BCUT2D eigenvalue weighted by atomic mass is 10.2. The first-order valence-corrected chi connectivity index (χ1v) is 6.47. The molecular formula is C14H11N5O5. The molecule has 2 aromatic rings. The number of aromatic hydroxyl groups is 2. The highest BCUT2D eigenvalue weighted by molar-refractivity contribution is 5.67. The standard InChI is InChI=1S/C14H11N5O5/c1-7-11(15-2)13(21)18(3)14(22)12(7)17-16-9-6-8(19(23)24)4-5-10(9)20/h4-6,20-21H,1,3H3. The Kier molecular flexibility index (Phi) is 4.28. The van der Waals surface area contributed by atoms with Gasteiger partial charge in [0, 0.05) is 19.2 Å². The van der Waals surface area contributed by atoms with E-state index < -0.39 is 16.4 Å². The van der Waals surface area contributed by atoms with Crippen LogP contribution in [0.5, 0.6) is 11.6 Å². The first-order chi connectivity index (χ1) is 11.3. The minimum absolute atomic E-state index is 0.110. The van der Waals surface area contributed by atoms with Crippen LogP contribution in [0.25, 0.3) is 4.85 Å². The first-order valence-electron chi connectivity index (χ1n) is 6.47. The van der Waals surface area contributed by atoms with E-state index in [9.17, 15) is 25.1 Å². The number of phenols is 1. The number of non-ortho nitro benzene ring substituents is 1. The molecule has 2 rings (SSSR count). The van der Waals surface area contributed by atoms with E-state index in [0.717, 1.165) is 22.8 Å². The molecule has 0 radical (unpaired) electrons. The Morgan fingerprint density at radius 2 is 2.00 bits per heavy atom. The van der Waals surface area contributed by atoms with Gasteiger partial charge < -0.3 is 10.2 Å². The van der Waals surface area contributed by atoms with E-state index >= 15 is 0 Å². The minimum Gasteiger partial charge on any atom is -0.506 e. The second-order valence-electron chi connectivity index (χ2n) is 4.75. The summed E-state index contributed by atoms with van der Waals surface area (Å²) in [6.07, 6.45) is 0. The molecule has 2 N–H and O–H groups in total. The smallest absolute Gasteiger partial charge is 0.278 e. The highest BCUT2D eigenvalue weighted by atomic mass is 16.6. The normalized spacial score (nSPS) is 10.7. The zero-order chi connectivity index (χ0) is 18.0. The number of pyridine rings is 1. The summed E-state index contributed by atoms with van der Waals surface area (Å²) in [5.74, 6) is -0.854. The van der Waals surface area contributed by atoms with Crippen molar-refractivity contribution in [3.63, 3.8) is 0 Å². The van der Waals surface area contributed by atoms with Crippen molar-refractivity contribution < 1.29 is 15.1 Å². The number of aromatic nitrogens is 1. The lowest BCUT2D eigenvalue weighted by Gasteiger charge is -2.08. The molecule has 0 aliphatic heterocycles. The maximum atomic E-state index is 12.1. The second kappa shape index (κ2) is 6.17. The van der Waals surface area contributed by atoms with Crippen molar-refractivity contribution in [2.45, 2.75) is 6.92 Å². The SMILES string of the molecule is [C-]#[N+]c1c(C)c(N=Nc2cc([N+](=O)[O-])ccc2O)c(=O)n(C)c1O. The first kappa shape index (κ1) is 16.6. The van der Waals surface area contributed by atoms with Crippen LogP contribution in [0.1, 0.15) is 5.56 Å². The largest absolute Gasteiger partial charge is 0.506 e. The summed E-state index contributed by atoms with van der Waals surface area (Å²) in [5.41, 5.74) is -1.48. The Bertz CT molecular complexity index is 971. The summed E-state index contributed by atoms with van der Waals surface area (Å²) >= 11 is 0. The molecule has 0 aliphatic carbocycles. The number of nitro benzene ring substituents is 1. The number of hydrogen-bond donors (Lipinski definition) is 2. The van der Waals surface area contributed by atoms with Crippen LogP contribution < -0.4 is 5.56 Å². The lowest BCUT2D eigenvalue weighted by molar-refractivity contribution is -0.384. The summed E-state index contributed by atoms with van der Waals surface area (Å²) in [6.45, 7) is 8.47. The molecule has 1 aromatic heterocycles. The zero-order valence-corrected chi connectivity index (χ0v) is 12.6. The van der Waals surface area contributed by atoms with Crippen LogP contribution in [-0.4, -0.2) is 19.7 Å². The Hall–Kier alpha value is -3.74. The third-order valence-electron chi connectivity index (χ3n) is 3.29. The fourth-order valence-electron chi connectivity index (χ4n) is 1.92. The number of phenolic OH excluding ortho intramolecular Hbond substituents is 1. The maximum Gasteiger partial charge on any atom is 0.278 e. The summed E-state index contributed by atoms with van der Waals surface area (Å²) in [6, 6.07) is 3.17. The van der Waals surface area contributed by atoms with Crippen molar-refractivity contribution in [3.8, 4) is 11.6 Å². The van der Waals surface area contributed by atoms with Gasteiger partial charge in [0.05, 0.1) is 11.5 Å². The van der Waals surface area contributed by atoms with Gasteiger partial charge in [-0.05, 0) is 18.6 Å². The number of rotatable bonds is 3. The molecule has 0 bridgehead atoms. The molecule has 24 heavy (non-hydrogen) atoms. The molecule has 1 heterocycles. The number of nitrogens with zero attached hydrogens (tertiary/aromatic N) is 5. The lowest BCUT2D eigenvalue weighted by Crippen LogP contribution is -2.16. The summed E-state index contributed by atoms with van der Waals surface area (Å²) < 4.78 is 0.835. The van der Waals surface area contributed by atoms with Crippen molar-refractivity contribution in [1.29, 1.82) is 0 Å². The second-order valence-corrected chi connectivity index (χ2v) is 4.75. The van der Waals surface area contributed by atoms with Gasteiger partial charge in [-0.15, -0.1) is 10.2 Å².